The van der Waals surface area contributed by atoms with Crippen LogP contribution in [0.5, 0.6) is 0 Å². The van der Waals surface area contributed by atoms with Crippen molar-refractivity contribution in [2.24, 2.45) is 0 Å². The van der Waals surface area contributed by atoms with E-state index in [2.05, 4.69) is 20.6 Å². The normalized spacial score (nSPS) is 21.9. The summed E-state index contributed by atoms with van der Waals surface area (Å²) in [5.74, 6) is -0.908. The molecule has 0 bridgehead atoms. The van der Waals surface area contributed by atoms with Crippen LogP contribution in [-0.4, -0.2) is 49.0 Å². The first-order valence-electron chi connectivity index (χ1n) is 8.61. The van der Waals surface area contributed by atoms with Crippen molar-refractivity contribution in [1.29, 1.82) is 5.41 Å². The zero-order chi connectivity index (χ0) is 20.3. The molecule has 2 heterocycles. The number of halogens is 1. The number of aryl methyl sites for hydroxylation is 1. The van der Waals surface area contributed by atoms with Crippen LogP contribution >= 0.6 is 0 Å². The van der Waals surface area contributed by atoms with E-state index in [0.29, 0.717) is 11.4 Å². The quantitative estimate of drug-likeness (QED) is 0.554. The van der Waals surface area contributed by atoms with Gasteiger partial charge in [0.1, 0.15) is 29.1 Å². The van der Waals surface area contributed by atoms with Crippen molar-refractivity contribution < 1.29 is 18.8 Å². The van der Waals surface area contributed by atoms with E-state index < -0.39 is 34.2 Å². The number of amides is 1. The summed E-state index contributed by atoms with van der Waals surface area (Å²) in [5.41, 5.74) is 1.36. The Bertz CT molecular complexity index is 880. The number of carbonyl (C=O) groups is 1. The molecule has 2 aromatic rings. The number of hydrogen-bond donors (Lipinski definition) is 4. The molecule has 0 saturated carbocycles. The Kier molecular flexibility index (Phi) is 6.22. The molecule has 0 aliphatic carbocycles. The Balaban J connectivity index is 1.77. The largest absolute Gasteiger partial charge is 0.616 e. The van der Waals surface area contributed by atoms with E-state index in [1.54, 1.807) is 6.92 Å². The third-order valence-corrected chi connectivity index (χ3v) is 6.10. The van der Waals surface area contributed by atoms with Gasteiger partial charge in [-0.15, -0.1) is 0 Å². The SMILES string of the molecule is Cc1cnc(C(=O)Nc2ccc(F)c([C@@H]3C[S+]([O-])[C@H](CCO)C(=N)N3)c2)cn1. The minimum atomic E-state index is -1.42. The zero-order valence-electron chi connectivity index (χ0n) is 15.1. The lowest BCUT2D eigenvalue weighted by Gasteiger charge is -2.33. The second kappa shape index (κ2) is 8.63. The predicted molar refractivity (Wildman–Crippen MR) is 103 cm³/mol. The number of hydrogen-bond acceptors (Lipinski definition) is 6. The van der Waals surface area contributed by atoms with Gasteiger partial charge in [0, 0.05) is 30.5 Å². The van der Waals surface area contributed by atoms with E-state index in [0.717, 1.165) is 0 Å². The fourth-order valence-electron chi connectivity index (χ4n) is 2.89. The summed E-state index contributed by atoms with van der Waals surface area (Å²) in [7, 11) is 0. The second-order valence-electron chi connectivity index (χ2n) is 6.39. The number of rotatable bonds is 5. The predicted octanol–water partition coefficient (Wildman–Crippen LogP) is 1.30. The number of aromatic nitrogens is 2. The maximum atomic E-state index is 14.4. The molecule has 1 amide bonds. The van der Waals surface area contributed by atoms with E-state index in [1.807, 2.05) is 0 Å². The van der Waals surface area contributed by atoms with Gasteiger partial charge in [0.2, 0.25) is 0 Å². The van der Waals surface area contributed by atoms with Crippen LogP contribution in [0, 0.1) is 18.2 Å². The van der Waals surface area contributed by atoms with Gasteiger partial charge >= 0.3 is 0 Å². The van der Waals surface area contributed by atoms with Gasteiger partial charge in [0.05, 0.1) is 11.9 Å². The fourth-order valence-corrected chi connectivity index (χ4v) is 4.41. The fraction of sp³-hybridized carbons (Fsp3) is 0.333. The molecule has 3 rings (SSSR count). The van der Waals surface area contributed by atoms with Gasteiger partial charge in [0.25, 0.3) is 5.91 Å². The van der Waals surface area contributed by atoms with Crippen molar-refractivity contribution >= 4 is 28.6 Å². The molecule has 10 heteroatoms. The van der Waals surface area contributed by atoms with Crippen molar-refractivity contribution in [3.05, 3.63) is 53.4 Å². The standard InChI is InChI=1S/C18H20FN5O3S/c1-10-7-22-14(8-21-10)18(26)23-11-2-3-13(19)12(6-11)15-9-28(27)16(4-5-25)17(20)24-15/h2-3,6-8,15-16,25H,4-5,9H2,1H3,(H2,20,24)(H,23,26)/t15-,16+,28?/m0/s1. The minimum absolute atomic E-state index is 0.00685. The van der Waals surface area contributed by atoms with E-state index in [-0.39, 0.29) is 35.9 Å². The average Bonchev–Trinajstić information content (AvgIpc) is 2.66. The number of anilines is 1. The Morgan fingerprint density at radius 2 is 2.25 bits per heavy atom. The van der Waals surface area contributed by atoms with E-state index in [9.17, 15) is 13.7 Å². The number of carbonyl (C=O) groups excluding carboxylic acids is 1. The van der Waals surface area contributed by atoms with Crippen LogP contribution in [0.1, 0.15) is 34.2 Å². The lowest BCUT2D eigenvalue weighted by atomic mass is 10.1. The van der Waals surface area contributed by atoms with Gasteiger partial charge in [0.15, 0.2) is 5.25 Å². The molecule has 0 spiro atoms. The molecular formula is C18H20FN5O3S. The lowest BCUT2D eigenvalue weighted by Crippen LogP contribution is -2.50. The third kappa shape index (κ3) is 4.46. The third-order valence-electron chi connectivity index (χ3n) is 4.33. The van der Waals surface area contributed by atoms with Gasteiger partial charge < -0.3 is 20.3 Å². The van der Waals surface area contributed by atoms with Crippen molar-refractivity contribution in [2.45, 2.75) is 24.6 Å². The second-order valence-corrected chi connectivity index (χ2v) is 8.06. The first kappa shape index (κ1) is 20.2. The molecule has 1 unspecified atom stereocenters. The molecule has 28 heavy (non-hydrogen) atoms. The first-order chi connectivity index (χ1) is 13.4. The summed E-state index contributed by atoms with van der Waals surface area (Å²) in [6.45, 7) is 1.58. The summed E-state index contributed by atoms with van der Waals surface area (Å²) in [4.78, 5) is 20.3. The van der Waals surface area contributed by atoms with Gasteiger partial charge in [-0.1, -0.05) is 0 Å². The molecular weight excluding hydrogens is 385 g/mol. The first-order valence-corrected chi connectivity index (χ1v) is 9.99. The number of benzene rings is 1. The number of aliphatic hydroxyl groups excluding tert-OH is 1. The highest BCUT2D eigenvalue weighted by molar-refractivity contribution is 7.92. The summed E-state index contributed by atoms with van der Waals surface area (Å²) < 4.78 is 26.8. The van der Waals surface area contributed by atoms with Crippen LogP contribution in [0.25, 0.3) is 0 Å². The summed E-state index contributed by atoms with van der Waals surface area (Å²) >= 11 is -1.42. The molecule has 1 aromatic heterocycles. The molecule has 1 saturated heterocycles. The molecule has 1 aliphatic heterocycles. The Hall–Kier alpha value is -2.56. The number of nitrogens with one attached hydrogen (secondary N) is 3. The van der Waals surface area contributed by atoms with Gasteiger partial charge in [-0.3, -0.25) is 15.2 Å². The van der Waals surface area contributed by atoms with Crippen molar-refractivity contribution in [3.8, 4) is 0 Å². The summed E-state index contributed by atoms with van der Waals surface area (Å²) in [5, 5.41) is 22.0. The number of amidine groups is 1. The van der Waals surface area contributed by atoms with E-state index in [1.165, 1.54) is 30.6 Å². The number of aliphatic hydroxyl groups is 1. The summed E-state index contributed by atoms with van der Waals surface area (Å²) in [6.07, 6.45) is 3.03. The van der Waals surface area contributed by atoms with E-state index >= 15 is 0 Å². The monoisotopic (exact) mass is 405 g/mol. The minimum Gasteiger partial charge on any atom is -0.616 e. The maximum absolute atomic E-state index is 14.4. The van der Waals surface area contributed by atoms with Gasteiger partial charge in [-0.05, 0) is 36.3 Å². The Morgan fingerprint density at radius 3 is 2.89 bits per heavy atom. The number of nitrogens with zero attached hydrogens (tertiary/aromatic N) is 2. The van der Waals surface area contributed by atoms with Gasteiger partial charge in [-0.2, -0.15) is 0 Å². The van der Waals surface area contributed by atoms with Crippen LogP contribution in [0.4, 0.5) is 10.1 Å². The molecule has 1 fully saturated rings. The highest BCUT2D eigenvalue weighted by Crippen LogP contribution is 2.28. The van der Waals surface area contributed by atoms with Crippen molar-refractivity contribution in [1.82, 2.24) is 15.3 Å². The maximum Gasteiger partial charge on any atom is 0.275 e. The molecule has 1 aliphatic rings. The molecule has 148 valence electrons. The summed E-state index contributed by atoms with van der Waals surface area (Å²) in [6, 6.07) is 3.40. The lowest BCUT2D eigenvalue weighted by molar-refractivity contribution is 0.102. The highest BCUT2D eigenvalue weighted by atomic mass is 32.2. The highest BCUT2D eigenvalue weighted by Gasteiger charge is 2.37. The molecule has 4 N–H and O–H groups in total. The smallest absolute Gasteiger partial charge is 0.275 e. The molecule has 1 aromatic carbocycles. The average molecular weight is 405 g/mol. The van der Waals surface area contributed by atoms with E-state index in [4.69, 9.17) is 10.5 Å². The Morgan fingerprint density at radius 1 is 1.46 bits per heavy atom. The zero-order valence-corrected chi connectivity index (χ0v) is 15.9. The van der Waals surface area contributed by atoms with Crippen LogP contribution < -0.4 is 10.6 Å². The van der Waals surface area contributed by atoms with Crippen LogP contribution in [-0.2, 0) is 11.2 Å². The van der Waals surface area contributed by atoms with Crippen LogP contribution in [0.3, 0.4) is 0 Å². The van der Waals surface area contributed by atoms with Crippen molar-refractivity contribution in [3.63, 3.8) is 0 Å². The van der Waals surface area contributed by atoms with Crippen LogP contribution in [0.2, 0.25) is 0 Å². The van der Waals surface area contributed by atoms with Crippen LogP contribution in [0.15, 0.2) is 30.6 Å². The molecule has 8 nitrogen and oxygen atoms in total. The van der Waals surface area contributed by atoms with Gasteiger partial charge in [-0.25, -0.2) is 9.37 Å². The molecule has 0 radical (unpaired) electrons. The molecule has 3 atom stereocenters. The van der Waals surface area contributed by atoms with Crippen molar-refractivity contribution in [2.75, 3.05) is 17.7 Å². The Labute approximate surface area is 164 Å². The topological polar surface area (TPSA) is 134 Å².